The number of rotatable bonds is 2. The molecule has 2 atom stereocenters. The van der Waals surface area contributed by atoms with Crippen LogP contribution in [0.2, 0.25) is 0 Å². The third-order valence-electron chi connectivity index (χ3n) is 4.31. The van der Waals surface area contributed by atoms with E-state index < -0.39 is 0 Å². The Hall–Kier alpha value is -1.20. The van der Waals surface area contributed by atoms with Crippen molar-refractivity contribution < 1.29 is 5.11 Å². The standard InChI is InChI=1S/C14H22N4O/c19-13-5-2-1-4-12(13)17-8-10-18(11-9-17)14-15-6-3-7-16-14/h3,6-7,12-13,19H,1-2,4-5,8-11H2/t12-,13-/m1/s1. The second-order valence-electron chi connectivity index (χ2n) is 5.49. The van der Waals surface area contributed by atoms with E-state index in [1.165, 1.54) is 12.8 Å². The van der Waals surface area contributed by atoms with Gasteiger partial charge in [-0.25, -0.2) is 9.97 Å². The van der Waals surface area contributed by atoms with Crippen LogP contribution in [0, 0.1) is 0 Å². The molecule has 1 aliphatic heterocycles. The number of aliphatic hydroxyl groups excluding tert-OH is 1. The molecule has 3 rings (SSSR count). The zero-order chi connectivity index (χ0) is 13.1. The molecule has 5 heteroatoms. The van der Waals surface area contributed by atoms with Gasteiger partial charge >= 0.3 is 0 Å². The first kappa shape index (κ1) is 12.8. The van der Waals surface area contributed by atoms with Crippen LogP contribution in [0.3, 0.4) is 0 Å². The van der Waals surface area contributed by atoms with E-state index in [1.807, 2.05) is 6.07 Å². The molecule has 1 aliphatic carbocycles. The lowest BCUT2D eigenvalue weighted by atomic mass is 9.91. The van der Waals surface area contributed by atoms with Gasteiger partial charge in [0.05, 0.1) is 6.10 Å². The van der Waals surface area contributed by atoms with Gasteiger partial charge in [0.15, 0.2) is 0 Å². The molecular formula is C14H22N4O. The molecule has 19 heavy (non-hydrogen) atoms. The molecule has 0 unspecified atom stereocenters. The van der Waals surface area contributed by atoms with Crippen LogP contribution in [-0.4, -0.2) is 58.3 Å². The summed E-state index contributed by atoms with van der Waals surface area (Å²) in [5.41, 5.74) is 0. The molecular weight excluding hydrogens is 240 g/mol. The molecule has 1 aromatic heterocycles. The number of aromatic nitrogens is 2. The molecule has 0 aromatic carbocycles. The van der Waals surface area contributed by atoms with Crippen molar-refractivity contribution in [2.45, 2.75) is 37.8 Å². The van der Waals surface area contributed by atoms with E-state index in [1.54, 1.807) is 12.4 Å². The van der Waals surface area contributed by atoms with Gasteiger partial charge in [0.25, 0.3) is 0 Å². The monoisotopic (exact) mass is 262 g/mol. The number of piperazine rings is 1. The van der Waals surface area contributed by atoms with Crippen molar-refractivity contribution in [2.75, 3.05) is 31.1 Å². The Morgan fingerprint density at radius 3 is 2.37 bits per heavy atom. The Morgan fingerprint density at radius 2 is 1.68 bits per heavy atom. The largest absolute Gasteiger partial charge is 0.391 e. The highest BCUT2D eigenvalue weighted by Gasteiger charge is 2.31. The van der Waals surface area contributed by atoms with Crippen molar-refractivity contribution >= 4 is 5.95 Å². The van der Waals surface area contributed by atoms with Gasteiger partial charge < -0.3 is 10.0 Å². The fraction of sp³-hybridized carbons (Fsp3) is 0.714. The van der Waals surface area contributed by atoms with Crippen LogP contribution in [0.15, 0.2) is 18.5 Å². The average molecular weight is 262 g/mol. The third kappa shape index (κ3) is 2.87. The molecule has 2 fully saturated rings. The smallest absolute Gasteiger partial charge is 0.225 e. The molecule has 5 nitrogen and oxygen atoms in total. The van der Waals surface area contributed by atoms with Crippen LogP contribution in [0.5, 0.6) is 0 Å². The highest BCUT2D eigenvalue weighted by atomic mass is 16.3. The second kappa shape index (κ2) is 5.84. The van der Waals surface area contributed by atoms with Crippen LogP contribution >= 0.6 is 0 Å². The SMILES string of the molecule is O[C@@H]1CCCC[C@H]1N1CCN(c2ncccn2)CC1. The minimum absolute atomic E-state index is 0.131. The summed E-state index contributed by atoms with van der Waals surface area (Å²) in [6.45, 7) is 3.90. The molecule has 1 saturated heterocycles. The van der Waals surface area contributed by atoms with Gasteiger partial charge in [0.1, 0.15) is 0 Å². The molecule has 2 heterocycles. The van der Waals surface area contributed by atoms with E-state index >= 15 is 0 Å². The Labute approximate surface area is 114 Å². The Morgan fingerprint density at radius 1 is 1.00 bits per heavy atom. The van der Waals surface area contributed by atoms with Gasteiger partial charge in [-0.05, 0) is 18.9 Å². The maximum absolute atomic E-state index is 10.1. The number of anilines is 1. The fourth-order valence-corrected chi connectivity index (χ4v) is 3.23. The zero-order valence-electron chi connectivity index (χ0n) is 11.3. The molecule has 2 aliphatic rings. The maximum Gasteiger partial charge on any atom is 0.225 e. The highest BCUT2D eigenvalue weighted by Crippen LogP contribution is 2.24. The molecule has 0 bridgehead atoms. The lowest BCUT2D eigenvalue weighted by Crippen LogP contribution is -2.54. The minimum atomic E-state index is -0.131. The average Bonchev–Trinajstić information content (AvgIpc) is 2.49. The van der Waals surface area contributed by atoms with Crippen molar-refractivity contribution in [3.63, 3.8) is 0 Å². The summed E-state index contributed by atoms with van der Waals surface area (Å²) in [6, 6.07) is 2.21. The second-order valence-corrected chi connectivity index (χ2v) is 5.49. The molecule has 1 aromatic rings. The molecule has 104 valence electrons. The van der Waals surface area contributed by atoms with Crippen LogP contribution in [0.1, 0.15) is 25.7 Å². The van der Waals surface area contributed by atoms with Crippen molar-refractivity contribution in [1.29, 1.82) is 0 Å². The van der Waals surface area contributed by atoms with Crippen LogP contribution < -0.4 is 4.90 Å². The lowest BCUT2D eigenvalue weighted by Gasteiger charge is -2.42. The Balaban J connectivity index is 1.57. The normalized spacial score (nSPS) is 29.4. The number of hydrogen-bond donors (Lipinski definition) is 1. The Kier molecular flexibility index (Phi) is 3.94. The number of nitrogens with zero attached hydrogens (tertiary/aromatic N) is 4. The number of aliphatic hydroxyl groups is 1. The van der Waals surface area contributed by atoms with Crippen LogP contribution in [-0.2, 0) is 0 Å². The predicted octanol–water partition coefficient (Wildman–Crippen LogP) is 0.902. The summed E-state index contributed by atoms with van der Waals surface area (Å²) >= 11 is 0. The summed E-state index contributed by atoms with van der Waals surface area (Å²) in [6.07, 6.45) is 7.99. The van der Waals surface area contributed by atoms with Crippen LogP contribution in [0.4, 0.5) is 5.95 Å². The quantitative estimate of drug-likeness (QED) is 0.858. The summed E-state index contributed by atoms with van der Waals surface area (Å²) in [7, 11) is 0. The predicted molar refractivity (Wildman–Crippen MR) is 74.1 cm³/mol. The molecule has 0 radical (unpaired) electrons. The van der Waals surface area contributed by atoms with Gasteiger partial charge in [-0.3, -0.25) is 4.90 Å². The van der Waals surface area contributed by atoms with Crippen molar-refractivity contribution in [3.05, 3.63) is 18.5 Å². The van der Waals surface area contributed by atoms with Gasteiger partial charge in [0, 0.05) is 44.6 Å². The van der Waals surface area contributed by atoms with E-state index in [9.17, 15) is 5.11 Å². The van der Waals surface area contributed by atoms with Gasteiger partial charge in [-0.1, -0.05) is 12.8 Å². The summed E-state index contributed by atoms with van der Waals surface area (Å²) < 4.78 is 0. The third-order valence-corrected chi connectivity index (χ3v) is 4.31. The fourth-order valence-electron chi connectivity index (χ4n) is 3.23. The molecule has 0 amide bonds. The van der Waals surface area contributed by atoms with Crippen molar-refractivity contribution in [1.82, 2.24) is 14.9 Å². The molecule has 1 saturated carbocycles. The first-order valence-corrected chi connectivity index (χ1v) is 7.29. The first-order valence-electron chi connectivity index (χ1n) is 7.29. The highest BCUT2D eigenvalue weighted by molar-refractivity contribution is 5.29. The summed E-state index contributed by atoms with van der Waals surface area (Å²) in [5.74, 6) is 0.825. The summed E-state index contributed by atoms with van der Waals surface area (Å²) in [4.78, 5) is 13.3. The van der Waals surface area contributed by atoms with Crippen molar-refractivity contribution in [3.8, 4) is 0 Å². The van der Waals surface area contributed by atoms with E-state index in [-0.39, 0.29) is 6.10 Å². The summed E-state index contributed by atoms with van der Waals surface area (Å²) in [5, 5.41) is 10.1. The van der Waals surface area contributed by atoms with E-state index in [0.717, 1.165) is 45.0 Å². The van der Waals surface area contributed by atoms with E-state index in [0.29, 0.717) is 6.04 Å². The van der Waals surface area contributed by atoms with Crippen molar-refractivity contribution in [2.24, 2.45) is 0 Å². The van der Waals surface area contributed by atoms with Gasteiger partial charge in [-0.15, -0.1) is 0 Å². The minimum Gasteiger partial charge on any atom is -0.391 e. The topological polar surface area (TPSA) is 52.5 Å². The van der Waals surface area contributed by atoms with E-state index in [4.69, 9.17) is 0 Å². The van der Waals surface area contributed by atoms with Crippen LogP contribution in [0.25, 0.3) is 0 Å². The van der Waals surface area contributed by atoms with E-state index in [2.05, 4.69) is 19.8 Å². The first-order chi connectivity index (χ1) is 9.34. The maximum atomic E-state index is 10.1. The van der Waals surface area contributed by atoms with Gasteiger partial charge in [0.2, 0.25) is 5.95 Å². The Bertz CT molecular complexity index is 392. The number of hydrogen-bond acceptors (Lipinski definition) is 5. The van der Waals surface area contributed by atoms with Gasteiger partial charge in [-0.2, -0.15) is 0 Å². The zero-order valence-corrected chi connectivity index (χ0v) is 11.3. The lowest BCUT2D eigenvalue weighted by molar-refractivity contribution is 0.0172. The molecule has 0 spiro atoms. The molecule has 1 N–H and O–H groups in total.